The predicted octanol–water partition coefficient (Wildman–Crippen LogP) is 4.37. The highest BCUT2D eigenvalue weighted by molar-refractivity contribution is 7.86. The summed E-state index contributed by atoms with van der Waals surface area (Å²) in [5, 5.41) is 4.58. The van der Waals surface area contributed by atoms with Crippen LogP contribution in [0.4, 0.5) is 19.1 Å². The largest absolute Gasteiger partial charge is 0.522 e. The van der Waals surface area contributed by atoms with Crippen molar-refractivity contribution in [3.8, 4) is 10.6 Å². The number of halogens is 3. The van der Waals surface area contributed by atoms with Gasteiger partial charge in [-0.2, -0.15) is 21.6 Å². The number of carbonyl (C=O) groups is 1. The number of nitrogens with zero attached hydrogens (tertiary/aromatic N) is 2. The van der Waals surface area contributed by atoms with Crippen LogP contribution >= 0.6 is 11.3 Å². The summed E-state index contributed by atoms with van der Waals surface area (Å²) in [5.41, 5.74) is -3.02. The average molecular weight is 488 g/mol. The first-order valence-electron chi connectivity index (χ1n) is 9.03. The Kier molecular flexibility index (Phi) is 6.53. The molecule has 2 N–H and O–H groups in total. The van der Waals surface area contributed by atoms with Gasteiger partial charge in [0.1, 0.15) is 11.6 Å². The lowest BCUT2D eigenvalue weighted by atomic mass is 10.2. The van der Waals surface area contributed by atoms with Gasteiger partial charge in [-0.3, -0.25) is 14.7 Å². The van der Waals surface area contributed by atoms with Crippen LogP contribution in [0.1, 0.15) is 13.8 Å². The number of benzene rings is 1. The summed E-state index contributed by atoms with van der Waals surface area (Å²) in [6.07, 6.45) is 3.95. The number of amides is 1. The van der Waals surface area contributed by atoms with Gasteiger partial charge in [-0.05, 0) is 19.1 Å². The number of hydrogen-bond donors (Lipinski definition) is 2. The van der Waals surface area contributed by atoms with E-state index < -0.39 is 15.6 Å². The fourth-order valence-electron chi connectivity index (χ4n) is 2.72. The second-order valence-corrected chi connectivity index (χ2v) is 8.89. The van der Waals surface area contributed by atoms with Crippen LogP contribution in [0.3, 0.4) is 0 Å². The van der Waals surface area contributed by atoms with Crippen molar-refractivity contribution in [2.45, 2.75) is 25.9 Å². The third-order valence-electron chi connectivity index (χ3n) is 4.14. The number of nitrogens with one attached hydrogen (secondary N) is 1. The van der Waals surface area contributed by atoms with Gasteiger partial charge in [0.2, 0.25) is 23.6 Å². The molecule has 0 fully saturated rings. The van der Waals surface area contributed by atoms with Gasteiger partial charge in [0, 0.05) is 18.4 Å². The van der Waals surface area contributed by atoms with E-state index in [-0.39, 0.29) is 5.91 Å². The highest BCUT2D eigenvalue weighted by Gasteiger charge is 2.44. The van der Waals surface area contributed by atoms with E-state index in [1.54, 1.807) is 11.3 Å². The normalized spacial score (nSPS) is 11.9. The summed E-state index contributed by atoms with van der Waals surface area (Å²) < 4.78 is 66.6. The highest BCUT2D eigenvalue weighted by atomic mass is 32.2. The fourth-order valence-corrected chi connectivity index (χ4v) is 3.74. The lowest BCUT2D eigenvalue weighted by molar-refractivity contribution is -0.692. The first-order valence-corrected chi connectivity index (χ1v) is 11.3. The summed E-state index contributed by atoms with van der Waals surface area (Å²) >= 11 is 1.59. The zero-order chi connectivity index (χ0) is 23.7. The van der Waals surface area contributed by atoms with Crippen LogP contribution in [0.5, 0.6) is 0 Å². The van der Waals surface area contributed by atoms with Crippen LogP contribution in [-0.2, 0) is 21.5 Å². The van der Waals surface area contributed by atoms with E-state index in [0.717, 1.165) is 38.3 Å². The van der Waals surface area contributed by atoms with Crippen LogP contribution in [0.2, 0.25) is 0 Å². The molecule has 0 aliphatic rings. The summed E-state index contributed by atoms with van der Waals surface area (Å²) in [6.45, 7) is 4.39. The molecule has 0 aliphatic carbocycles. The molecule has 0 radical (unpaired) electrons. The maximum Gasteiger partial charge on any atom is 0.522 e. The number of fused-ring (bicyclic) bond motifs is 2. The number of alkyl halides is 3. The Bertz CT molecular complexity index is 1360. The highest BCUT2D eigenvalue weighted by Crippen LogP contribution is 2.41. The monoisotopic (exact) mass is 488 g/mol. The number of thiazole rings is 1. The number of pyridine rings is 1. The fraction of sp³-hybridized carbons (Fsp3) is 0.211. The number of carbonyl (C=O) groups excluding carboxylic acids is 1. The molecule has 170 valence electrons. The predicted molar refractivity (Wildman–Crippen MR) is 113 cm³/mol. The first-order chi connectivity index (χ1) is 14.9. The van der Waals surface area contributed by atoms with Crippen molar-refractivity contribution < 1.29 is 39.9 Å². The molecule has 3 aromatic heterocycles. The standard InChI is InChI=1S/C18H15N3O2S.CHF3O3S/c1-3-21-9-8-12-14(10-21)23-17(19-11(2)22)16(12)18-20-13-6-4-5-7-15(13)24-18;2-1(3,4)8(5,6)7/h4-10H,3H2,1-2H3;(H,5,6,7)/p+1. The summed E-state index contributed by atoms with van der Waals surface area (Å²) in [5.74, 6) is 0.283. The van der Waals surface area contributed by atoms with E-state index in [0.29, 0.717) is 5.88 Å². The minimum absolute atomic E-state index is 0.167. The Morgan fingerprint density at radius 2 is 1.94 bits per heavy atom. The summed E-state index contributed by atoms with van der Waals surface area (Å²) in [7, 11) is -5.84. The molecule has 0 atom stereocenters. The maximum absolute atomic E-state index is 11.6. The van der Waals surface area contributed by atoms with E-state index in [1.807, 2.05) is 47.3 Å². The molecule has 13 heteroatoms. The van der Waals surface area contributed by atoms with Gasteiger partial charge >= 0.3 is 15.6 Å². The molecule has 0 unspecified atom stereocenters. The molecular formula is C19H17F3N3O5S2+. The van der Waals surface area contributed by atoms with Crippen molar-refractivity contribution in [3.63, 3.8) is 0 Å². The van der Waals surface area contributed by atoms with Crippen molar-refractivity contribution in [1.29, 1.82) is 0 Å². The molecule has 0 bridgehead atoms. The van der Waals surface area contributed by atoms with Crippen molar-refractivity contribution in [1.82, 2.24) is 4.98 Å². The topological polar surface area (TPSA) is 113 Å². The molecule has 32 heavy (non-hydrogen) atoms. The van der Waals surface area contributed by atoms with E-state index in [1.165, 1.54) is 6.92 Å². The zero-order valence-electron chi connectivity index (χ0n) is 16.7. The molecule has 0 spiro atoms. The van der Waals surface area contributed by atoms with Crippen LogP contribution in [0, 0.1) is 0 Å². The van der Waals surface area contributed by atoms with Gasteiger partial charge in [-0.15, -0.1) is 11.3 Å². The van der Waals surface area contributed by atoms with Crippen LogP contribution in [0.15, 0.2) is 47.1 Å². The molecule has 1 aromatic carbocycles. The minimum atomic E-state index is -5.84. The SMILES string of the molecule is CC[n+]1ccc2c(-c3nc4ccccc4s3)c(NC(C)=O)oc2c1.O=S(=O)(O)C(F)(F)F. The lowest BCUT2D eigenvalue weighted by Crippen LogP contribution is -2.30. The quantitative estimate of drug-likeness (QED) is 0.252. The Morgan fingerprint density at radius 3 is 2.50 bits per heavy atom. The maximum atomic E-state index is 11.6. The third kappa shape index (κ3) is 5.06. The molecule has 4 rings (SSSR count). The van der Waals surface area contributed by atoms with Gasteiger partial charge in [0.15, 0.2) is 6.20 Å². The number of anilines is 1. The molecule has 3 heterocycles. The Hall–Kier alpha value is -3.03. The number of aromatic nitrogens is 2. The number of rotatable bonds is 3. The Morgan fingerprint density at radius 1 is 1.28 bits per heavy atom. The summed E-state index contributed by atoms with van der Waals surface area (Å²) in [6, 6.07) is 10.0. The molecule has 0 saturated heterocycles. The zero-order valence-corrected chi connectivity index (χ0v) is 18.3. The summed E-state index contributed by atoms with van der Waals surface area (Å²) in [4.78, 5) is 16.3. The van der Waals surface area contributed by atoms with E-state index >= 15 is 0 Å². The minimum Gasteiger partial charge on any atom is -0.433 e. The van der Waals surface area contributed by atoms with Crippen LogP contribution < -0.4 is 9.88 Å². The van der Waals surface area contributed by atoms with Gasteiger partial charge in [0.25, 0.3) is 0 Å². The Labute approximate surface area is 184 Å². The lowest BCUT2D eigenvalue weighted by Gasteiger charge is -1.99. The van der Waals surface area contributed by atoms with E-state index in [9.17, 15) is 18.0 Å². The molecule has 0 saturated carbocycles. The van der Waals surface area contributed by atoms with Crippen LogP contribution in [-0.4, -0.2) is 29.4 Å². The number of furan rings is 1. The van der Waals surface area contributed by atoms with Gasteiger partial charge < -0.3 is 4.42 Å². The Balaban J connectivity index is 0.000000312. The number of para-hydroxylation sites is 1. The smallest absolute Gasteiger partial charge is 0.433 e. The van der Waals surface area contributed by atoms with Crippen LogP contribution in [0.25, 0.3) is 31.8 Å². The van der Waals surface area contributed by atoms with Gasteiger partial charge in [-0.1, -0.05) is 12.1 Å². The van der Waals surface area contributed by atoms with E-state index in [2.05, 4.69) is 12.2 Å². The molecule has 4 aromatic rings. The van der Waals surface area contributed by atoms with E-state index in [4.69, 9.17) is 22.4 Å². The van der Waals surface area contributed by atoms with Crippen molar-refractivity contribution in [2.75, 3.05) is 5.32 Å². The van der Waals surface area contributed by atoms with Crippen molar-refractivity contribution in [2.24, 2.45) is 0 Å². The third-order valence-corrected chi connectivity index (χ3v) is 5.78. The second-order valence-electron chi connectivity index (χ2n) is 6.45. The molecule has 8 nitrogen and oxygen atoms in total. The number of aryl methyl sites for hydroxylation is 1. The average Bonchev–Trinajstić information content (AvgIpc) is 3.25. The molecule has 0 aliphatic heterocycles. The van der Waals surface area contributed by atoms with Crippen molar-refractivity contribution >= 4 is 54.4 Å². The van der Waals surface area contributed by atoms with Gasteiger partial charge in [-0.25, -0.2) is 9.55 Å². The molecular weight excluding hydrogens is 471 g/mol. The van der Waals surface area contributed by atoms with Crippen molar-refractivity contribution in [3.05, 3.63) is 42.7 Å². The van der Waals surface area contributed by atoms with Gasteiger partial charge in [0.05, 0.1) is 15.8 Å². The number of hydrogen-bond acceptors (Lipinski definition) is 6. The first kappa shape index (κ1) is 23.6. The molecule has 1 amide bonds. The second kappa shape index (κ2) is 8.84.